The van der Waals surface area contributed by atoms with Crippen molar-refractivity contribution >= 4 is 17.9 Å². The van der Waals surface area contributed by atoms with Crippen LogP contribution in [0.4, 0.5) is 4.79 Å². The first-order valence-corrected chi connectivity index (χ1v) is 8.82. The number of amides is 3. The number of carbonyl (C=O) groups excluding carboxylic acids is 3. The van der Waals surface area contributed by atoms with Crippen LogP contribution in [0.2, 0.25) is 0 Å². The van der Waals surface area contributed by atoms with Gasteiger partial charge < -0.3 is 14.8 Å². The summed E-state index contributed by atoms with van der Waals surface area (Å²) in [4.78, 5) is 40.0. The molecule has 2 heterocycles. The van der Waals surface area contributed by atoms with Crippen molar-refractivity contribution in [1.29, 1.82) is 0 Å². The maximum absolute atomic E-state index is 12.1. The third kappa shape index (κ3) is 5.41. The molecule has 0 saturated carbocycles. The smallest absolute Gasteiger partial charge is 0.408 e. The molecule has 3 rings (SSSR count). The largest absolute Gasteiger partial charge is 0.497 e. The molecule has 0 aromatic heterocycles. The standard InChI is InChI=1S/C18H23N3O6/c1-25-14-4-2-11(3-5-14)6-12-7-13(10-26-19-9-12)20-18(24)27-15-8-16(22)21-17(15)23/h2-5,12-13,15,19H,6-10H2,1H3,(H,20,24)(H,21,22,23)/t12?,13-,15?/m0/s1. The Morgan fingerprint density at radius 1 is 1.30 bits per heavy atom. The molecule has 2 unspecified atom stereocenters. The maximum atomic E-state index is 12.1. The second kappa shape index (κ2) is 8.83. The van der Waals surface area contributed by atoms with Crippen molar-refractivity contribution in [2.45, 2.75) is 31.4 Å². The number of hydrogen-bond acceptors (Lipinski definition) is 7. The molecule has 9 nitrogen and oxygen atoms in total. The summed E-state index contributed by atoms with van der Waals surface area (Å²) in [6.45, 7) is 0.933. The molecular formula is C18H23N3O6. The molecule has 1 aromatic rings. The fourth-order valence-electron chi connectivity index (χ4n) is 3.20. The Bertz CT molecular complexity index is 693. The van der Waals surface area contributed by atoms with Crippen LogP contribution in [0.1, 0.15) is 18.4 Å². The Labute approximate surface area is 156 Å². The van der Waals surface area contributed by atoms with Gasteiger partial charge in [0.2, 0.25) is 5.91 Å². The summed E-state index contributed by atoms with van der Waals surface area (Å²) in [6, 6.07) is 7.58. The van der Waals surface area contributed by atoms with Crippen LogP contribution in [0.15, 0.2) is 24.3 Å². The molecule has 0 bridgehead atoms. The van der Waals surface area contributed by atoms with Gasteiger partial charge in [-0.3, -0.25) is 19.7 Å². The zero-order valence-corrected chi connectivity index (χ0v) is 15.0. The average molecular weight is 377 g/mol. The van der Waals surface area contributed by atoms with Crippen LogP contribution in [-0.4, -0.2) is 50.3 Å². The first kappa shape index (κ1) is 19.1. The molecule has 3 amide bonds. The van der Waals surface area contributed by atoms with Crippen LogP contribution in [0, 0.1) is 5.92 Å². The molecule has 1 aromatic carbocycles. The van der Waals surface area contributed by atoms with E-state index in [9.17, 15) is 14.4 Å². The second-order valence-corrected chi connectivity index (χ2v) is 6.67. The average Bonchev–Trinajstić information content (AvgIpc) is 2.82. The number of benzene rings is 1. The van der Waals surface area contributed by atoms with Gasteiger partial charge in [0.05, 0.1) is 26.2 Å². The van der Waals surface area contributed by atoms with Crippen molar-refractivity contribution in [2.24, 2.45) is 5.92 Å². The molecule has 0 radical (unpaired) electrons. The van der Waals surface area contributed by atoms with Crippen LogP contribution in [-0.2, 0) is 25.6 Å². The SMILES string of the molecule is COc1ccc(CC2CNOC[C@@H](NC(=O)OC3CC(=O)NC3=O)C2)cc1. The number of nitrogens with one attached hydrogen (secondary N) is 3. The zero-order valence-electron chi connectivity index (χ0n) is 15.0. The Morgan fingerprint density at radius 3 is 2.74 bits per heavy atom. The number of ether oxygens (including phenoxy) is 2. The van der Waals surface area contributed by atoms with Crippen molar-refractivity contribution in [2.75, 3.05) is 20.3 Å². The van der Waals surface area contributed by atoms with Gasteiger partial charge in [-0.05, 0) is 36.5 Å². The fourth-order valence-corrected chi connectivity index (χ4v) is 3.20. The molecule has 0 aliphatic carbocycles. The van der Waals surface area contributed by atoms with E-state index in [1.54, 1.807) is 7.11 Å². The molecular weight excluding hydrogens is 354 g/mol. The monoisotopic (exact) mass is 377 g/mol. The van der Waals surface area contributed by atoms with E-state index in [4.69, 9.17) is 14.3 Å². The molecule has 2 saturated heterocycles. The Morgan fingerprint density at radius 2 is 2.07 bits per heavy atom. The summed E-state index contributed by atoms with van der Waals surface area (Å²) >= 11 is 0. The lowest BCUT2D eigenvalue weighted by atomic mass is 9.93. The lowest BCUT2D eigenvalue weighted by Crippen LogP contribution is -2.41. The van der Waals surface area contributed by atoms with Crippen molar-refractivity contribution in [1.82, 2.24) is 16.1 Å². The van der Waals surface area contributed by atoms with Crippen LogP contribution in [0.3, 0.4) is 0 Å². The highest BCUT2D eigenvalue weighted by molar-refractivity contribution is 6.05. The summed E-state index contributed by atoms with van der Waals surface area (Å²) in [5, 5.41) is 4.82. The molecule has 3 atom stereocenters. The quantitative estimate of drug-likeness (QED) is 0.632. The van der Waals surface area contributed by atoms with Crippen molar-refractivity contribution in [3.63, 3.8) is 0 Å². The van der Waals surface area contributed by atoms with E-state index < -0.39 is 24.0 Å². The van der Waals surface area contributed by atoms with Gasteiger partial charge in [0, 0.05) is 6.54 Å². The molecule has 2 aliphatic heterocycles. The minimum Gasteiger partial charge on any atom is -0.497 e. The highest BCUT2D eigenvalue weighted by atomic mass is 16.6. The van der Waals surface area contributed by atoms with Crippen LogP contribution in [0.5, 0.6) is 5.75 Å². The molecule has 2 fully saturated rings. The van der Waals surface area contributed by atoms with E-state index in [1.807, 2.05) is 24.3 Å². The summed E-state index contributed by atoms with van der Waals surface area (Å²) in [6.07, 6.45) is -0.451. The van der Waals surface area contributed by atoms with Gasteiger partial charge in [0.15, 0.2) is 6.10 Å². The van der Waals surface area contributed by atoms with Crippen LogP contribution < -0.4 is 20.9 Å². The minimum atomic E-state index is -1.07. The molecule has 146 valence electrons. The second-order valence-electron chi connectivity index (χ2n) is 6.67. The van der Waals surface area contributed by atoms with Crippen molar-refractivity contribution in [3.8, 4) is 5.75 Å². The third-order valence-electron chi connectivity index (χ3n) is 4.56. The Balaban J connectivity index is 1.51. The first-order valence-electron chi connectivity index (χ1n) is 8.82. The van der Waals surface area contributed by atoms with Crippen LogP contribution in [0.25, 0.3) is 0 Å². The van der Waals surface area contributed by atoms with E-state index in [0.29, 0.717) is 13.0 Å². The van der Waals surface area contributed by atoms with E-state index in [0.717, 1.165) is 17.7 Å². The van der Waals surface area contributed by atoms with Crippen LogP contribution >= 0.6 is 0 Å². The summed E-state index contributed by atoms with van der Waals surface area (Å²) in [5.74, 6) is 0.00557. The predicted molar refractivity (Wildman–Crippen MR) is 93.7 cm³/mol. The van der Waals surface area contributed by atoms with Gasteiger partial charge in [-0.15, -0.1) is 0 Å². The lowest BCUT2D eigenvalue weighted by Gasteiger charge is -2.20. The number of alkyl carbamates (subject to hydrolysis) is 1. The number of rotatable bonds is 5. The fraction of sp³-hybridized carbons (Fsp3) is 0.500. The van der Waals surface area contributed by atoms with E-state index >= 15 is 0 Å². The van der Waals surface area contributed by atoms with Gasteiger partial charge in [-0.2, -0.15) is 0 Å². The summed E-state index contributed by atoms with van der Waals surface area (Å²) < 4.78 is 10.2. The number of carbonyl (C=O) groups is 3. The van der Waals surface area contributed by atoms with Gasteiger partial charge in [0.25, 0.3) is 5.91 Å². The lowest BCUT2D eigenvalue weighted by molar-refractivity contribution is -0.127. The number of methoxy groups -OCH3 is 1. The highest BCUT2D eigenvalue weighted by Crippen LogP contribution is 2.19. The number of imide groups is 1. The maximum Gasteiger partial charge on any atom is 0.408 e. The number of hydrogen-bond donors (Lipinski definition) is 3. The van der Waals surface area contributed by atoms with E-state index in [1.165, 1.54) is 0 Å². The summed E-state index contributed by atoms with van der Waals surface area (Å²) in [7, 11) is 1.63. The van der Waals surface area contributed by atoms with Gasteiger partial charge in [-0.1, -0.05) is 12.1 Å². The molecule has 27 heavy (non-hydrogen) atoms. The van der Waals surface area contributed by atoms with Crippen molar-refractivity contribution in [3.05, 3.63) is 29.8 Å². The summed E-state index contributed by atoms with van der Waals surface area (Å²) in [5.41, 5.74) is 4.06. The van der Waals surface area contributed by atoms with Crippen molar-refractivity contribution < 1.29 is 28.7 Å². The van der Waals surface area contributed by atoms with E-state index in [-0.39, 0.29) is 25.0 Å². The predicted octanol–water partition coefficient (Wildman–Crippen LogP) is 0.289. The molecule has 3 N–H and O–H groups in total. The normalized spacial score (nSPS) is 25.4. The zero-order chi connectivity index (χ0) is 19.2. The molecule has 2 aliphatic rings. The molecule has 0 spiro atoms. The molecule has 9 heteroatoms. The number of hydroxylamine groups is 1. The Hall–Kier alpha value is -2.65. The Kier molecular flexibility index (Phi) is 6.25. The third-order valence-corrected chi connectivity index (χ3v) is 4.56. The van der Waals surface area contributed by atoms with Gasteiger partial charge in [0.1, 0.15) is 5.75 Å². The van der Waals surface area contributed by atoms with E-state index in [2.05, 4.69) is 16.1 Å². The highest BCUT2D eigenvalue weighted by Gasteiger charge is 2.34. The topological polar surface area (TPSA) is 115 Å². The van der Waals surface area contributed by atoms with Gasteiger partial charge >= 0.3 is 6.09 Å². The van der Waals surface area contributed by atoms with Gasteiger partial charge in [-0.25, -0.2) is 10.3 Å². The minimum absolute atomic E-state index is 0.144. The first-order chi connectivity index (χ1) is 13.0.